The molecule has 0 aliphatic carbocycles. The summed E-state index contributed by atoms with van der Waals surface area (Å²) < 4.78 is 0. The van der Waals surface area contributed by atoms with Crippen LogP contribution in [0.25, 0.3) is 0 Å². The minimum atomic E-state index is -0.0796. The van der Waals surface area contributed by atoms with Gasteiger partial charge in [0.1, 0.15) is 6.54 Å². The first-order chi connectivity index (χ1) is 11.5. The Labute approximate surface area is 144 Å². The second-order valence-corrected chi connectivity index (χ2v) is 6.30. The maximum atomic E-state index is 12.9. The highest BCUT2D eigenvalue weighted by atomic mass is 16.2. The lowest BCUT2D eigenvalue weighted by atomic mass is 10.1. The summed E-state index contributed by atoms with van der Waals surface area (Å²) in [7, 11) is 3.89. The first-order valence-electron chi connectivity index (χ1n) is 8.58. The van der Waals surface area contributed by atoms with Crippen molar-refractivity contribution in [3.63, 3.8) is 0 Å². The van der Waals surface area contributed by atoms with Crippen molar-refractivity contribution < 1.29 is 9.59 Å². The van der Waals surface area contributed by atoms with Crippen LogP contribution in [0.5, 0.6) is 0 Å². The van der Waals surface area contributed by atoms with Gasteiger partial charge >= 0.3 is 0 Å². The molecule has 1 N–H and O–H groups in total. The monoisotopic (exact) mass is 332 g/mol. The van der Waals surface area contributed by atoms with Crippen LogP contribution in [-0.2, 0) is 4.79 Å². The molecule has 0 aromatic heterocycles. The topological polar surface area (TPSA) is 55.9 Å². The Balaban J connectivity index is 2.09. The highest BCUT2D eigenvalue weighted by molar-refractivity contribution is 5.97. The molecular weight excluding hydrogens is 304 g/mol. The Bertz CT molecular complexity index is 568. The van der Waals surface area contributed by atoms with E-state index >= 15 is 0 Å². The van der Waals surface area contributed by atoms with E-state index in [0.29, 0.717) is 25.2 Å². The number of hydrogen-bond donors (Lipinski definition) is 1. The number of anilines is 1. The van der Waals surface area contributed by atoms with Crippen LogP contribution in [0.15, 0.2) is 24.3 Å². The Morgan fingerprint density at radius 3 is 2.54 bits per heavy atom. The predicted octanol–water partition coefficient (Wildman–Crippen LogP) is 1.04. The summed E-state index contributed by atoms with van der Waals surface area (Å²) in [4.78, 5) is 30.8. The van der Waals surface area contributed by atoms with Gasteiger partial charge in [0.05, 0.1) is 0 Å². The zero-order valence-corrected chi connectivity index (χ0v) is 14.9. The average Bonchev–Trinajstić information content (AvgIpc) is 2.61. The third kappa shape index (κ3) is 4.71. The maximum Gasteiger partial charge on any atom is 0.254 e. The molecule has 0 spiro atoms. The Morgan fingerprint density at radius 1 is 1.21 bits per heavy atom. The summed E-state index contributed by atoms with van der Waals surface area (Å²) in [6, 6.07) is 7.53. The van der Waals surface area contributed by atoms with Crippen LogP contribution < -0.4 is 10.2 Å². The van der Waals surface area contributed by atoms with Gasteiger partial charge in [0.25, 0.3) is 5.91 Å². The van der Waals surface area contributed by atoms with Gasteiger partial charge in [-0.3, -0.25) is 9.59 Å². The highest BCUT2D eigenvalue weighted by Gasteiger charge is 2.23. The van der Waals surface area contributed by atoms with Crippen molar-refractivity contribution in [2.24, 2.45) is 0 Å². The minimum absolute atomic E-state index is 0.0297. The number of rotatable bonds is 6. The molecule has 6 nitrogen and oxygen atoms in total. The van der Waals surface area contributed by atoms with Crippen LogP contribution in [0.4, 0.5) is 5.69 Å². The standard InChI is InChI=1S/C18H28N4O2/c1-4-10-22(14-17(23)21-11-8-19-9-12-21)18(24)15-6-5-7-16(13-15)20(2)3/h5-7,13,19H,4,8-12,14H2,1-3H3. The van der Waals surface area contributed by atoms with Crippen molar-refractivity contribution in [1.29, 1.82) is 0 Å². The van der Waals surface area contributed by atoms with Crippen LogP contribution >= 0.6 is 0 Å². The van der Waals surface area contributed by atoms with E-state index in [-0.39, 0.29) is 18.4 Å². The lowest BCUT2D eigenvalue weighted by Crippen LogP contribution is -2.50. The second kappa shape index (κ2) is 8.68. The molecule has 1 aromatic rings. The van der Waals surface area contributed by atoms with Crippen molar-refractivity contribution in [3.05, 3.63) is 29.8 Å². The van der Waals surface area contributed by atoms with Gasteiger partial charge in [-0.25, -0.2) is 0 Å². The van der Waals surface area contributed by atoms with Gasteiger partial charge in [-0.2, -0.15) is 0 Å². The number of carbonyl (C=O) groups is 2. The Hall–Kier alpha value is -2.08. The number of piperazine rings is 1. The third-order valence-corrected chi connectivity index (χ3v) is 4.19. The molecule has 1 aliphatic heterocycles. The number of nitrogens with one attached hydrogen (secondary N) is 1. The lowest BCUT2D eigenvalue weighted by molar-refractivity contribution is -0.132. The molecule has 1 fully saturated rings. The van der Waals surface area contributed by atoms with Crippen molar-refractivity contribution >= 4 is 17.5 Å². The molecule has 1 saturated heterocycles. The Kier molecular flexibility index (Phi) is 6.61. The smallest absolute Gasteiger partial charge is 0.254 e. The fourth-order valence-corrected chi connectivity index (χ4v) is 2.80. The van der Waals surface area contributed by atoms with E-state index in [2.05, 4.69) is 5.32 Å². The van der Waals surface area contributed by atoms with Gasteiger partial charge in [0, 0.05) is 58.1 Å². The van der Waals surface area contributed by atoms with Gasteiger partial charge in [0.2, 0.25) is 5.91 Å². The maximum absolute atomic E-state index is 12.9. The number of carbonyl (C=O) groups excluding carboxylic acids is 2. The average molecular weight is 332 g/mol. The van der Waals surface area contributed by atoms with Crippen LogP contribution in [0, 0.1) is 0 Å². The predicted molar refractivity (Wildman–Crippen MR) is 96.4 cm³/mol. The van der Waals surface area contributed by atoms with E-state index in [0.717, 1.165) is 25.2 Å². The molecule has 2 amide bonds. The normalized spacial score (nSPS) is 14.4. The summed E-state index contributed by atoms with van der Waals surface area (Å²) in [5.74, 6) is -0.0499. The van der Waals surface area contributed by atoms with E-state index in [4.69, 9.17) is 0 Å². The molecule has 6 heteroatoms. The summed E-state index contributed by atoms with van der Waals surface area (Å²) in [5, 5.41) is 3.23. The second-order valence-electron chi connectivity index (χ2n) is 6.30. The molecule has 0 saturated carbocycles. The van der Waals surface area contributed by atoms with E-state index < -0.39 is 0 Å². The first-order valence-corrected chi connectivity index (χ1v) is 8.58. The third-order valence-electron chi connectivity index (χ3n) is 4.19. The van der Waals surface area contributed by atoms with Gasteiger partial charge in [0.15, 0.2) is 0 Å². The molecule has 1 aliphatic rings. The van der Waals surface area contributed by atoms with Crippen molar-refractivity contribution in [3.8, 4) is 0 Å². The number of amides is 2. The SMILES string of the molecule is CCCN(CC(=O)N1CCNCC1)C(=O)c1cccc(N(C)C)c1. The van der Waals surface area contributed by atoms with Crippen molar-refractivity contribution in [1.82, 2.24) is 15.1 Å². The Morgan fingerprint density at radius 2 is 1.92 bits per heavy atom. The van der Waals surface area contributed by atoms with Crippen LogP contribution in [0.1, 0.15) is 23.7 Å². The molecule has 1 heterocycles. The molecule has 0 bridgehead atoms. The summed E-state index contributed by atoms with van der Waals surface area (Å²) in [6.07, 6.45) is 0.827. The first kappa shape index (κ1) is 18.3. The van der Waals surface area contributed by atoms with Gasteiger partial charge in [-0.05, 0) is 24.6 Å². The fraction of sp³-hybridized carbons (Fsp3) is 0.556. The van der Waals surface area contributed by atoms with E-state index in [9.17, 15) is 9.59 Å². The zero-order valence-electron chi connectivity index (χ0n) is 14.9. The van der Waals surface area contributed by atoms with Crippen LogP contribution in [0.3, 0.4) is 0 Å². The van der Waals surface area contributed by atoms with Crippen molar-refractivity contribution in [2.75, 3.05) is 58.3 Å². The van der Waals surface area contributed by atoms with Gasteiger partial charge in [-0.15, -0.1) is 0 Å². The van der Waals surface area contributed by atoms with Crippen LogP contribution in [0.2, 0.25) is 0 Å². The molecule has 0 unspecified atom stereocenters. The number of benzene rings is 1. The molecule has 2 rings (SSSR count). The number of nitrogens with zero attached hydrogens (tertiary/aromatic N) is 3. The van der Waals surface area contributed by atoms with Crippen LogP contribution in [-0.4, -0.2) is 75.0 Å². The molecule has 1 aromatic carbocycles. The zero-order chi connectivity index (χ0) is 17.5. The molecule has 0 radical (unpaired) electrons. The largest absolute Gasteiger partial charge is 0.378 e. The summed E-state index contributed by atoms with van der Waals surface area (Å²) in [5.41, 5.74) is 1.61. The quantitative estimate of drug-likeness (QED) is 0.846. The molecule has 132 valence electrons. The van der Waals surface area contributed by atoms with Gasteiger partial charge in [-0.1, -0.05) is 13.0 Å². The van der Waals surface area contributed by atoms with E-state index in [1.807, 2.05) is 55.1 Å². The summed E-state index contributed by atoms with van der Waals surface area (Å²) in [6.45, 7) is 5.82. The number of hydrogen-bond acceptors (Lipinski definition) is 4. The molecular formula is C18H28N4O2. The fourth-order valence-electron chi connectivity index (χ4n) is 2.80. The van der Waals surface area contributed by atoms with Gasteiger partial charge < -0.3 is 20.0 Å². The molecule has 24 heavy (non-hydrogen) atoms. The van der Waals surface area contributed by atoms with E-state index in [1.54, 1.807) is 4.90 Å². The van der Waals surface area contributed by atoms with E-state index in [1.165, 1.54) is 0 Å². The lowest BCUT2D eigenvalue weighted by Gasteiger charge is -2.30. The highest BCUT2D eigenvalue weighted by Crippen LogP contribution is 2.15. The summed E-state index contributed by atoms with van der Waals surface area (Å²) >= 11 is 0. The molecule has 0 atom stereocenters. The minimum Gasteiger partial charge on any atom is -0.378 e. The van der Waals surface area contributed by atoms with Crippen molar-refractivity contribution in [2.45, 2.75) is 13.3 Å².